The number of carbonyl (C=O) groups excluding carboxylic acids is 1. The summed E-state index contributed by atoms with van der Waals surface area (Å²) in [5.74, 6) is 2.45. The van der Waals surface area contributed by atoms with Crippen LogP contribution in [0, 0.1) is 0 Å². The molecule has 2 aromatic carbocycles. The minimum Gasteiger partial charge on any atom is -0.497 e. The average molecular weight is 379 g/mol. The highest BCUT2D eigenvalue weighted by Crippen LogP contribution is 2.40. The summed E-state index contributed by atoms with van der Waals surface area (Å²) in [6.45, 7) is 0. The Morgan fingerprint density at radius 3 is 2.61 bits per heavy atom. The minimum absolute atomic E-state index is 0.0584. The number of carbonyl (C=O) groups is 1. The largest absolute Gasteiger partial charge is 0.497 e. The van der Waals surface area contributed by atoms with Gasteiger partial charge in [-0.25, -0.2) is 4.98 Å². The number of rotatable bonds is 5. The molecule has 1 aliphatic heterocycles. The summed E-state index contributed by atoms with van der Waals surface area (Å²) in [6.07, 6.45) is 2.04. The summed E-state index contributed by atoms with van der Waals surface area (Å²) in [6, 6.07) is 13.3. The van der Waals surface area contributed by atoms with Crippen LogP contribution >= 0.6 is 0 Å². The average Bonchev–Trinajstić information content (AvgIpc) is 3.16. The third kappa shape index (κ3) is 3.05. The first-order valence-corrected chi connectivity index (χ1v) is 8.88. The maximum Gasteiger partial charge on any atom is 0.226 e. The van der Waals surface area contributed by atoms with E-state index in [1.807, 2.05) is 47.0 Å². The van der Waals surface area contributed by atoms with Crippen LogP contribution in [0.4, 0.5) is 5.82 Å². The van der Waals surface area contributed by atoms with E-state index in [9.17, 15) is 4.79 Å². The Kier molecular flexibility index (Phi) is 4.65. The van der Waals surface area contributed by atoms with Crippen LogP contribution in [-0.4, -0.2) is 36.8 Å². The number of nitrogens with zero attached hydrogens (tertiary/aromatic N) is 2. The molecule has 1 N–H and O–H groups in total. The molecule has 0 bridgehead atoms. The number of hydrogen-bond donors (Lipinski definition) is 1. The molecule has 0 saturated carbocycles. The van der Waals surface area contributed by atoms with Crippen LogP contribution in [0.5, 0.6) is 17.2 Å². The number of amides is 1. The zero-order chi connectivity index (χ0) is 19.7. The number of imidazole rings is 1. The molecular weight excluding hydrogens is 358 g/mol. The van der Waals surface area contributed by atoms with Gasteiger partial charge in [-0.15, -0.1) is 0 Å². The van der Waals surface area contributed by atoms with Gasteiger partial charge in [0.05, 0.1) is 32.7 Å². The third-order valence-corrected chi connectivity index (χ3v) is 4.91. The second-order valence-corrected chi connectivity index (χ2v) is 6.47. The van der Waals surface area contributed by atoms with Crippen molar-refractivity contribution in [3.63, 3.8) is 0 Å². The molecule has 1 aliphatic rings. The van der Waals surface area contributed by atoms with Gasteiger partial charge in [-0.2, -0.15) is 0 Å². The molecule has 4 rings (SSSR count). The Labute approximate surface area is 162 Å². The van der Waals surface area contributed by atoms with Crippen molar-refractivity contribution in [1.29, 1.82) is 0 Å². The number of anilines is 1. The zero-order valence-electron chi connectivity index (χ0n) is 15.9. The predicted octanol–water partition coefficient (Wildman–Crippen LogP) is 3.37. The van der Waals surface area contributed by atoms with E-state index in [0.717, 1.165) is 22.7 Å². The van der Waals surface area contributed by atoms with Gasteiger partial charge < -0.3 is 19.5 Å². The van der Waals surface area contributed by atoms with E-state index in [1.165, 1.54) is 0 Å². The van der Waals surface area contributed by atoms with Crippen molar-refractivity contribution in [2.24, 2.45) is 0 Å². The summed E-state index contributed by atoms with van der Waals surface area (Å²) in [4.78, 5) is 17.1. The Morgan fingerprint density at radius 1 is 1.04 bits per heavy atom. The van der Waals surface area contributed by atoms with Gasteiger partial charge >= 0.3 is 0 Å². The van der Waals surface area contributed by atoms with Gasteiger partial charge in [-0.3, -0.25) is 9.36 Å². The molecule has 1 aromatic heterocycles. The molecule has 28 heavy (non-hydrogen) atoms. The van der Waals surface area contributed by atoms with E-state index < -0.39 is 0 Å². The molecule has 0 spiro atoms. The standard InChI is InChI=1S/C21H21N3O4/c1-26-15-6-4-5-14(10-15)24-12-22-20-16(11-19(25)23-21(20)24)13-7-8-17(27-2)18(9-13)28-3/h4-10,12,16H,11H2,1-3H3,(H,23,25)/t16-/m0/s1. The van der Waals surface area contributed by atoms with Crippen molar-refractivity contribution < 1.29 is 19.0 Å². The first-order valence-electron chi connectivity index (χ1n) is 8.88. The number of aromatic nitrogens is 2. The SMILES string of the molecule is COc1cccc(-n2cnc3c2NC(=O)C[C@H]3c2ccc(OC)c(OC)c2)c1. The van der Waals surface area contributed by atoms with Crippen LogP contribution in [0.1, 0.15) is 23.6 Å². The summed E-state index contributed by atoms with van der Waals surface area (Å²) in [5.41, 5.74) is 2.63. The smallest absolute Gasteiger partial charge is 0.226 e. The molecule has 7 nitrogen and oxygen atoms in total. The molecule has 0 fully saturated rings. The molecule has 1 atom stereocenters. The van der Waals surface area contributed by atoms with Gasteiger partial charge in [-0.1, -0.05) is 12.1 Å². The molecule has 0 radical (unpaired) electrons. The lowest BCUT2D eigenvalue weighted by molar-refractivity contribution is -0.116. The normalized spacial score (nSPS) is 15.5. The maximum atomic E-state index is 12.5. The summed E-state index contributed by atoms with van der Waals surface area (Å²) >= 11 is 0. The van der Waals surface area contributed by atoms with Gasteiger partial charge in [0.15, 0.2) is 11.5 Å². The van der Waals surface area contributed by atoms with E-state index in [4.69, 9.17) is 14.2 Å². The predicted molar refractivity (Wildman–Crippen MR) is 105 cm³/mol. The summed E-state index contributed by atoms with van der Waals surface area (Å²) in [5, 5.41) is 2.96. The van der Waals surface area contributed by atoms with E-state index in [1.54, 1.807) is 27.7 Å². The van der Waals surface area contributed by atoms with Crippen LogP contribution in [0.2, 0.25) is 0 Å². The topological polar surface area (TPSA) is 74.6 Å². The molecular formula is C21H21N3O4. The van der Waals surface area contributed by atoms with E-state index in [0.29, 0.717) is 23.7 Å². The zero-order valence-corrected chi connectivity index (χ0v) is 15.9. The van der Waals surface area contributed by atoms with Crippen LogP contribution in [-0.2, 0) is 4.79 Å². The number of benzene rings is 2. The highest BCUT2D eigenvalue weighted by molar-refractivity contribution is 5.94. The first kappa shape index (κ1) is 17.9. The number of nitrogens with one attached hydrogen (secondary N) is 1. The van der Waals surface area contributed by atoms with Crippen molar-refractivity contribution in [2.45, 2.75) is 12.3 Å². The van der Waals surface area contributed by atoms with Gasteiger partial charge in [-0.05, 0) is 29.8 Å². The molecule has 0 unspecified atom stereocenters. The first-order chi connectivity index (χ1) is 13.6. The lowest BCUT2D eigenvalue weighted by Crippen LogP contribution is -2.25. The molecule has 1 amide bonds. The fourth-order valence-corrected chi connectivity index (χ4v) is 3.51. The Balaban J connectivity index is 1.78. The van der Waals surface area contributed by atoms with Crippen molar-refractivity contribution in [3.8, 4) is 22.9 Å². The van der Waals surface area contributed by atoms with Crippen molar-refractivity contribution in [2.75, 3.05) is 26.6 Å². The molecule has 0 saturated heterocycles. The minimum atomic E-state index is -0.171. The number of ether oxygens (including phenoxy) is 3. The highest BCUT2D eigenvalue weighted by atomic mass is 16.5. The lowest BCUT2D eigenvalue weighted by Gasteiger charge is -2.24. The second kappa shape index (κ2) is 7.26. The molecule has 144 valence electrons. The fraction of sp³-hybridized carbons (Fsp3) is 0.238. The van der Waals surface area contributed by atoms with E-state index >= 15 is 0 Å². The van der Waals surface area contributed by atoms with Crippen molar-refractivity contribution >= 4 is 11.7 Å². The molecule has 2 heterocycles. The fourth-order valence-electron chi connectivity index (χ4n) is 3.51. The van der Waals surface area contributed by atoms with Gasteiger partial charge in [0.2, 0.25) is 5.91 Å². The Bertz CT molecular complexity index is 1030. The van der Waals surface area contributed by atoms with E-state index in [-0.39, 0.29) is 11.8 Å². The van der Waals surface area contributed by atoms with Gasteiger partial charge in [0, 0.05) is 18.4 Å². The van der Waals surface area contributed by atoms with Gasteiger partial charge in [0.1, 0.15) is 17.9 Å². The second-order valence-electron chi connectivity index (χ2n) is 6.47. The number of hydrogen-bond acceptors (Lipinski definition) is 5. The molecule has 7 heteroatoms. The van der Waals surface area contributed by atoms with Crippen LogP contribution in [0.25, 0.3) is 5.69 Å². The van der Waals surface area contributed by atoms with Crippen LogP contribution in [0.3, 0.4) is 0 Å². The van der Waals surface area contributed by atoms with E-state index in [2.05, 4.69) is 10.3 Å². The number of methoxy groups -OCH3 is 3. The van der Waals surface area contributed by atoms with Crippen LogP contribution in [0.15, 0.2) is 48.8 Å². The summed E-state index contributed by atoms with van der Waals surface area (Å²) in [7, 11) is 4.81. The Morgan fingerprint density at radius 2 is 1.86 bits per heavy atom. The van der Waals surface area contributed by atoms with Crippen LogP contribution < -0.4 is 19.5 Å². The quantitative estimate of drug-likeness (QED) is 0.736. The Hall–Kier alpha value is -3.48. The summed E-state index contributed by atoms with van der Waals surface area (Å²) < 4.78 is 17.9. The lowest BCUT2D eigenvalue weighted by atomic mass is 9.89. The molecule has 3 aromatic rings. The number of fused-ring (bicyclic) bond motifs is 1. The maximum absolute atomic E-state index is 12.5. The van der Waals surface area contributed by atoms with Crippen molar-refractivity contribution in [1.82, 2.24) is 9.55 Å². The third-order valence-electron chi connectivity index (χ3n) is 4.91. The highest BCUT2D eigenvalue weighted by Gasteiger charge is 2.31. The van der Waals surface area contributed by atoms with Gasteiger partial charge in [0.25, 0.3) is 0 Å². The van der Waals surface area contributed by atoms with Crippen molar-refractivity contribution in [3.05, 3.63) is 60.0 Å². The molecule has 0 aliphatic carbocycles. The monoisotopic (exact) mass is 379 g/mol.